The normalized spacial score (nSPS) is 21.3. The molecule has 0 aromatic rings. The molecule has 70 valence electrons. The fourth-order valence-corrected chi connectivity index (χ4v) is 1.66. The molecule has 1 rings (SSSR count). The van der Waals surface area contributed by atoms with Gasteiger partial charge in [0, 0.05) is 6.04 Å². The minimum absolute atomic E-state index is 0. The second-order valence-corrected chi connectivity index (χ2v) is 3.26. The highest BCUT2D eigenvalue weighted by Gasteiger charge is 2.16. The second-order valence-electron chi connectivity index (χ2n) is 3.26. The van der Waals surface area contributed by atoms with Crippen molar-refractivity contribution in [2.45, 2.75) is 45.1 Å². The van der Waals surface area contributed by atoms with Crippen LogP contribution in [-0.2, 0) is 0 Å². The second kappa shape index (κ2) is 7.20. The summed E-state index contributed by atoms with van der Waals surface area (Å²) < 4.78 is 0. The van der Waals surface area contributed by atoms with Crippen LogP contribution in [0.5, 0.6) is 0 Å². The highest BCUT2D eigenvalue weighted by Crippen LogP contribution is 2.25. The fraction of sp³-hybridized carbons (Fsp3) is 1.00. The Labute approximate surface area is 81.9 Å². The molecule has 1 fully saturated rings. The minimum atomic E-state index is 0. The average molecular weight is 200 g/mol. The van der Waals surface area contributed by atoms with Gasteiger partial charge in [-0.1, -0.05) is 19.3 Å². The van der Waals surface area contributed by atoms with Crippen LogP contribution in [0.3, 0.4) is 0 Å². The zero-order valence-corrected chi connectivity index (χ0v) is 8.72. The van der Waals surface area contributed by atoms with Gasteiger partial charge >= 0.3 is 0 Å². The van der Waals surface area contributed by atoms with Gasteiger partial charge in [0.1, 0.15) is 0 Å². The van der Waals surface area contributed by atoms with E-state index in [4.69, 9.17) is 5.73 Å². The lowest BCUT2D eigenvalue weighted by molar-refractivity contribution is 0.316. The van der Waals surface area contributed by atoms with Crippen molar-refractivity contribution in [3.05, 3.63) is 0 Å². The van der Waals surface area contributed by atoms with Crippen molar-refractivity contribution in [2.75, 3.05) is 0 Å². The van der Waals surface area contributed by atoms with Crippen molar-refractivity contribution in [1.29, 1.82) is 0 Å². The fourth-order valence-electron chi connectivity index (χ4n) is 1.66. The van der Waals surface area contributed by atoms with Gasteiger partial charge in [-0.3, -0.25) is 0 Å². The molecule has 0 spiro atoms. The topological polar surface area (TPSA) is 26.0 Å². The third-order valence-corrected chi connectivity index (χ3v) is 2.39. The Morgan fingerprint density at radius 1 is 1.09 bits per heavy atom. The molecule has 0 amide bonds. The Morgan fingerprint density at radius 3 is 1.82 bits per heavy atom. The van der Waals surface area contributed by atoms with E-state index in [-0.39, 0.29) is 24.8 Å². The molecule has 0 aromatic heterocycles. The van der Waals surface area contributed by atoms with Crippen LogP contribution in [0.25, 0.3) is 0 Å². The number of hydrogen-bond donors (Lipinski definition) is 1. The van der Waals surface area contributed by atoms with Gasteiger partial charge in [0.05, 0.1) is 0 Å². The van der Waals surface area contributed by atoms with Crippen LogP contribution in [0.1, 0.15) is 39.0 Å². The lowest BCUT2D eigenvalue weighted by Gasteiger charge is -2.24. The van der Waals surface area contributed by atoms with Gasteiger partial charge in [-0.25, -0.2) is 0 Å². The summed E-state index contributed by atoms with van der Waals surface area (Å²) in [4.78, 5) is 0. The summed E-state index contributed by atoms with van der Waals surface area (Å²) in [6, 6.07) is 0.435. The summed E-state index contributed by atoms with van der Waals surface area (Å²) in [5.74, 6) is 0.832. The van der Waals surface area contributed by atoms with Crippen LogP contribution in [0.15, 0.2) is 0 Å². The Balaban J connectivity index is 0. The SMILES string of the molecule is CC(N)C1CCCCC1.Cl.Cl. The minimum Gasteiger partial charge on any atom is -0.328 e. The van der Waals surface area contributed by atoms with Crippen LogP contribution in [-0.4, -0.2) is 6.04 Å². The Morgan fingerprint density at radius 2 is 1.55 bits per heavy atom. The molecular weight excluding hydrogens is 181 g/mol. The monoisotopic (exact) mass is 199 g/mol. The zero-order valence-electron chi connectivity index (χ0n) is 7.08. The van der Waals surface area contributed by atoms with Crippen LogP contribution >= 0.6 is 24.8 Å². The third-order valence-electron chi connectivity index (χ3n) is 2.39. The highest BCUT2D eigenvalue weighted by molar-refractivity contribution is 5.85. The molecule has 1 unspecified atom stereocenters. The van der Waals surface area contributed by atoms with Gasteiger partial charge in [0.25, 0.3) is 0 Å². The summed E-state index contributed by atoms with van der Waals surface area (Å²) in [5, 5.41) is 0. The van der Waals surface area contributed by atoms with Crippen LogP contribution in [0.2, 0.25) is 0 Å². The molecule has 1 aliphatic rings. The molecule has 3 heteroatoms. The average Bonchev–Trinajstić information content (AvgIpc) is 1.90. The highest BCUT2D eigenvalue weighted by atomic mass is 35.5. The first kappa shape index (κ1) is 14.1. The van der Waals surface area contributed by atoms with Crippen molar-refractivity contribution in [3.63, 3.8) is 0 Å². The van der Waals surface area contributed by atoms with E-state index >= 15 is 0 Å². The molecule has 0 aliphatic heterocycles. The summed E-state index contributed by atoms with van der Waals surface area (Å²) in [7, 11) is 0. The number of rotatable bonds is 1. The quantitative estimate of drug-likeness (QED) is 0.691. The van der Waals surface area contributed by atoms with E-state index in [0.29, 0.717) is 6.04 Å². The van der Waals surface area contributed by atoms with Crippen molar-refractivity contribution < 1.29 is 0 Å². The maximum Gasteiger partial charge on any atom is 0.00387 e. The number of halogens is 2. The predicted molar refractivity (Wildman–Crippen MR) is 54.7 cm³/mol. The van der Waals surface area contributed by atoms with Gasteiger partial charge in [0.2, 0.25) is 0 Å². The Kier molecular flexibility index (Phi) is 9.22. The largest absolute Gasteiger partial charge is 0.328 e. The van der Waals surface area contributed by atoms with Crippen molar-refractivity contribution in [3.8, 4) is 0 Å². The molecule has 0 aromatic carbocycles. The maximum atomic E-state index is 5.77. The van der Waals surface area contributed by atoms with Crippen molar-refractivity contribution >= 4 is 24.8 Å². The van der Waals surface area contributed by atoms with E-state index < -0.39 is 0 Å². The Bertz CT molecular complexity index is 80.2. The molecule has 1 saturated carbocycles. The van der Waals surface area contributed by atoms with Crippen LogP contribution in [0, 0.1) is 5.92 Å². The van der Waals surface area contributed by atoms with Crippen molar-refractivity contribution in [1.82, 2.24) is 0 Å². The van der Waals surface area contributed by atoms with E-state index in [1.165, 1.54) is 32.1 Å². The van der Waals surface area contributed by atoms with Gasteiger partial charge < -0.3 is 5.73 Å². The molecule has 0 saturated heterocycles. The summed E-state index contributed by atoms with van der Waals surface area (Å²) >= 11 is 0. The van der Waals surface area contributed by atoms with Gasteiger partial charge in [0.15, 0.2) is 0 Å². The van der Waals surface area contributed by atoms with Crippen LogP contribution < -0.4 is 5.73 Å². The first-order valence-corrected chi connectivity index (χ1v) is 4.06. The van der Waals surface area contributed by atoms with Gasteiger partial charge in [-0.2, -0.15) is 0 Å². The number of hydrogen-bond acceptors (Lipinski definition) is 1. The molecule has 1 atom stereocenters. The lowest BCUT2D eigenvalue weighted by atomic mass is 9.85. The number of nitrogens with two attached hydrogens (primary N) is 1. The van der Waals surface area contributed by atoms with Gasteiger partial charge in [-0.05, 0) is 25.7 Å². The molecule has 2 N–H and O–H groups in total. The molecular formula is C8H19Cl2N. The van der Waals surface area contributed by atoms with Crippen LogP contribution in [0.4, 0.5) is 0 Å². The Hall–Kier alpha value is 0.540. The van der Waals surface area contributed by atoms with Gasteiger partial charge in [-0.15, -0.1) is 24.8 Å². The molecule has 11 heavy (non-hydrogen) atoms. The van der Waals surface area contributed by atoms with E-state index in [9.17, 15) is 0 Å². The predicted octanol–water partition coefficient (Wildman–Crippen LogP) is 2.76. The van der Waals surface area contributed by atoms with Crippen molar-refractivity contribution in [2.24, 2.45) is 11.7 Å². The van der Waals surface area contributed by atoms with E-state index in [1.807, 2.05) is 0 Å². The molecule has 0 heterocycles. The summed E-state index contributed by atoms with van der Waals surface area (Å²) in [6.07, 6.45) is 7.00. The molecule has 0 radical (unpaired) electrons. The lowest BCUT2D eigenvalue weighted by Crippen LogP contribution is -2.27. The van der Waals surface area contributed by atoms with E-state index in [0.717, 1.165) is 5.92 Å². The summed E-state index contributed by atoms with van der Waals surface area (Å²) in [6.45, 7) is 2.13. The smallest absolute Gasteiger partial charge is 0.00387 e. The zero-order chi connectivity index (χ0) is 6.69. The molecule has 1 nitrogen and oxygen atoms in total. The standard InChI is InChI=1S/C8H17N.2ClH/c1-7(9)8-5-3-2-4-6-8;;/h7-8H,2-6,9H2,1H3;2*1H. The summed E-state index contributed by atoms with van der Waals surface area (Å²) in [5.41, 5.74) is 5.77. The molecule has 1 aliphatic carbocycles. The maximum absolute atomic E-state index is 5.77. The van der Waals surface area contributed by atoms with E-state index in [2.05, 4.69) is 6.92 Å². The molecule has 0 bridgehead atoms. The first-order valence-electron chi connectivity index (χ1n) is 4.06. The first-order chi connectivity index (χ1) is 4.30. The third kappa shape index (κ3) is 4.89. The van der Waals surface area contributed by atoms with E-state index in [1.54, 1.807) is 0 Å².